The molecular weight excluding hydrogens is 366 g/mol. The van der Waals surface area contributed by atoms with E-state index in [9.17, 15) is 9.59 Å². The molecule has 0 aliphatic rings. The van der Waals surface area contributed by atoms with E-state index < -0.39 is 0 Å². The SMILES string of the molecule is O=C(NCc1ccncc1)c1cncc(C(=O)Nc2cccc3cccnc23)c1. The Hall–Kier alpha value is -4.13. The van der Waals surface area contributed by atoms with Crippen LogP contribution >= 0.6 is 0 Å². The van der Waals surface area contributed by atoms with Crippen LogP contribution in [0.25, 0.3) is 10.9 Å². The van der Waals surface area contributed by atoms with E-state index in [1.54, 1.807) is 24.7 Å². The summed E-state index contributed by atoms with van der Waals surface area (Å²) in [6, 6.07) is 14.5. The quantitative estimate of drug-likeness (QED) is 0.552. The minimum absolute atomic E-state index is 0.287. The average molecular weight is 383 g/mol. The molecule has 0 aliphatic heterocycles. The minimum Gasteiger partial charge on any atom is -0.348 e. The van der Waals surface area contributed by atoms with Crippen LogP contribution in [0.4, 0.5) is 5.69 Å². The topological polar surface area (TPSA) is 96.9 Å². The number of nitrogens with zero attached hydrogens (tertiary/aromatic N) is 3. The van der Waals surface area contributed by atoms with Crippen molar-refractivity contribution in [3.05, 3.63) is 96.2 Å². The van der Waals surface area contributed by atoms with Gasteiger partial charge in [-0.3, -0.25) is 24.5 Å². The molecule has 2 amide bonds. The van der Waals surface area contributed by atoms with Gasteiger partial charge in [0.2, 0.25) is 0 Å². The number of rotatable bonds is 5. The first-order valence-corrected chi connectivity index (χ1v) is 8.98. The van der Waals surface area contributed by atoms with Gasteiger partial charge in [0.1, 0.15) is 0 Å². The summed E-state index contributed by atoms with van der Waals surface area (Å²) in [5, 5.41) is 6.58. The lowest BCUT2D eigenvalue weighted by Crippen LogP contribution is -2.23. The smallest absolute Gasteiger partial charge is 0.257 e. The second kappa shape index (κ2) is 8.26. The number of anilines is 1. The van der Waals surface area contributed by atoms with Crippen LogP contribution in [-0.2, 0) is 6.54 Å². The Morgan fingerprint density at radius 1 is 0.828 bits per heavy atom. The maximum atomic E-state index is 12.7. The summed E-state index contributed by atoms with van der Waals surface area (Å²) in [4.78, 5) is 37.4. The van der Waals surface area contributed by atoms with E-state index >= 15 is 0 Å². The number of carbonyl (C=O) groups excluding carboxylic acids is 2. The van der Waals surface area contributed by atoms with Gasteiger partial charge in [0.05, 0.1) is 22.3 Å². The summed E-state index contributed by atoms with van der Waals surface area (Å²) < 4.78 is 0. The van der Waals surface area contributed by atoms with Gasteiger partial charge in [0.25, 0.3) is 11.8 Å². The molecule has 142 valence electrons. The fourth-order valence-electron chi connectivity index (χ4n) is 2.87. The maximum absolute atomic E-state index is 12.7. The van der Waals surface area contributed by atoms with Gasteiger partial charge in [-0.2, -0.15) is 0 Å². The van der Waals surface area contributed by atoms with Crippen LogP contribution < -0.4 is 10.6 Å². The molecule has 7 heteroatoms. The molecule has 0 saturated carbocycles. The lowest BCUT2D eigenvalue weighted by Gasteiger charge is -2.09. The van der Waals surface area contributed by atoms with E-state index in [4.69, 9.17) is 0 Å². The van der Waals surface area contributed by atoms with Gasteiger partial charge in [0, 0.05) is 42.9 Å². The van der Waals surface area contributed by atoms with Crippen molar-refractivity contribution in [2.45, 2.75) is 6.54 Å². The molecule has 4 aromatic rings. The molecule has 3 aromatic heterocycles. The van der Waals surface area contributed by atoms with Gasteiger partial charge in [-0.05, 0) is 35.9 Å². The van der Waals surface area contributed by atoms with Crippen molar-refractivity contribution in [2.24, 2.45) is 0 Å². The molecule has 0 spiro atoms. The zero-order valence-electron chi connectivity index (χ0n) is 15.4. The summed E-state index contributed by atoms with van der Waals surface area (Å²) in [6.45, 7) is 0.361. The molecule has 29 heavy (non-hydrogen) atoms. The average Bonchev–Trinajstić information content (AvgIpc) is 2.78. The monoisotopic (exact) mass is 383 g/mol. The number of hydrogen-bond acceptors (Lipinski definition) is 5. The fraction of sp³-hybridized carbons (Fsp3) is 0.0455. The number of carbonyl (C=O) groups is 2. The lowest BCUT2D eigenvalue weighted by atomic mass is 10.1. The molecule has 0 aliphatic carbocycles. The summed E-state index contributed by atoms with van der Waals surface area (Å²) in [5.41, 5.74) is 2.82. The summed E-state index contributed by atoms with van der Waals surface area (Å²) >= 11 is 0. The standard InChI is InChI=1S/C22H17N5O2/c28-21(26-12-15-6-9-23-10-7-15)17-11-18(14-24-13-17)22(29)27-19-5-1-3-16-4-2-8-25-20(16)19/h1-11,13-14H,12H2,(H,26,28)(H,27,29). The molecule has 0 radical (unpaired) electrons. The van der Waals surface area contributed by atoms with E-state index in [0.717, 1.165) is 10.9 Å². The molecule has 3 heterocycles. The Morgan fingerprint density at radius 3 is 2.41 bits per heavy atom. The molecule has 0 fully saturated rings. The Labute approximate surface area is 166 Å². The van der Waals surface area contributed by atoms with Crippen LogP contribution in [0.15, 0.2) is 79.5 Å². The molecule has 7 nitrogen and oxygen atoms in total. The number of benzene rings is 1. The van der Waals surface area contributed by atoms with E-state index in [2.05, 4.69) is 25.6 Å². The molecule has 0 unspecified atom stereocenters. The van der Waals surface area contributed by atoms with Crippen LogP contribution in [0.3, 0.4) is 0 Å². The number of fused-ring (bicyclic) bond motifs is 1. The van der Waals surface area contributed by atoms with Gasteiger partial charge in [-0.15, -0.1) is 0 Å². The highest BCUT2D eigenvalue weighted by Gasteiger charge is 2.13. The Balaban J connectivity index is 1.49. The number of aromatic nitrogens is 3. The van der Waals surface area contributed by atoms with Gasteiger partial charge in [-0.1, -0.05) is 18.2 Å². The van der Waals surface area contributed by atoms with Crippen LogP contribution in [0.2, 0.25) is 0 Å². The summed E-state index contributed by atoms with van der Waals surface area (Å²) in [6.07, 6.45) is 7.85. The number of para-hydroxylation sites is 1. The Morgan fingerprint density at radius 2 is 1.59 bits per heavy atom. The zero-order chi connectivity index (χ0) is 20.1. The van der Waals surface area contributed by atoms with Crippen molar-refractivity contribution in [2.75, 3.05) is 5.32 Å². The van der Waals surface area contributed by atoms with Crippen LogP contribution in [0.5, 0.6) is 0 Å². The molecule has 2 N–H and O–H groups in total. The second-order valence-electron chi connectivity index (χ2n) is 6.34. The van der Waals surface area contributed by atoms with Gasteiger partial charge in [0.15, 0.2) is 0 Å². The second-order valence-corrected chi connectivity index (χ2v) is 6.34. The number of pyridine rings is 3. The predicted molar refractivity (Wildman–Crippen MR) is 109 cm³/mol. The van der Waals surface area contributed by atoms with E-state index in [1.165, 1.54) is 18.5 Å². The number of hydrogen-bond donors (Lipinski definition) is 2. The van der Waals surface area contributed by atoms with Crippen molar-refractivity contribution in [3.8, 4) is 0 Å². The highest BCUT2D eigenvalue weighted by Crippen LogP contribution is 2.21. The maximum Gasteiger partial charge on any atom is 0.257 e. The molecule has 0 atom stereocenters. The first-order chi connectivity index (χ1) is 14.2. The van der Waals surface area contributed by atoms with Crippen LogP contribution in [0.1, 0.15) is 26.3 Å². The Kier molecular flexibility index (Phi) is 5.20. The summed E-state index contributed by atoms with van der Waals surface area (Å²) in [5.74, 6) is -0.671. The Bertz CT molecular complexity index is 1170. The molecule has 4 rings (SSSR count). The van der Waals surface area contributed by atoms with E-state index in [0.29, 0.717) is 23.3 Å². The first kappa shape index (κ1) is 18.2. The van der Waals surface area contributed by atoms with Crippen molar-refractivity contribution >= 4 is 28.4 Å². The van der Waals surface area contributed by atoms with E-state index in [-0.39, 0.29) is 17.4 Å². The third kappa shape index (κ3) is 4.24. The normalized spacial score (nSPS) is 10.5. The minimum atomic E-state index is -0.362. The number of nitrogens with one attached hydrogen (secondary N) is 2. The zero-order valence-corrected chi connectivity index (χ0v) is 15.4. The molecule has 0 saturated heterocycles. The predicted octanol–water partition coefficient (Wildman–Crippen LogP) is 3.21. The van der Waals surface area contributed by atoms with Gasteiger partial charge in [-0.25, -0.2) is 0 Å². The van der Waals surface area contributed by atoms with E-state index in [1.807, 2.05) is 36.4 Å². The van der Waals surface area contributed by atoms with Crippen molar-refractivity contribution < 1.29 is 9.59 Å². The molecular formula is C22H17N5O2. The lowest BCUT2D eigenvalue weighted by molar-refractivity contribution is 0.0950. The van der Waals surface area contributed by atoms with Crippen molar-refractivity contribution in [1.82, 2.24) is 20.3 Å². The van der Waals surface area contributed by atoms with Crippen molar-refractivity contribution in [3.63, 3.8) is 0 Å². The largest absolute Gasteiger partial charge is 0.348 e. The summed E-state index contributed by atoms with van der Waals surface area (Å²) in [7, 11) is 0. The first-order valence-electron chi connectivity index (χ1n) is 8.98. The van der Waals surface area contributed by atoms with Crippen molar-refractivity contribution in [1.29, 1.82) is 0 Å². The third-order valence-corrected chi connectivity index (χ3v) is 4.35. The third-order valence-electron chi connectivity index (χ3n) is 4.35. The molecule has 1 aromatic carbocycles. The van der Waals surface area contributed by atoms with Crippen LogP contribution in [-0.4, -0.2) is 26.8 Å². The van der Waals surface area contributed by atoms with Crippen LogP contribution in [0, 0.1) is 0 Å². The fourth-order valence-corrected chi connectivity index (χ4v) is 2.87. The number of amides is 2. The molecule has 0 bridgehead atoms. The van der Waals surface area contributed by atoms with Gasteiger partial charge >= 0.3 is 0 Å². The highest BCUT2D eigenvalue weighted by molar-refractivity contribution is 6.09. The van der Waals surface area contributed by atoms with Gasteiger partial charge < -0.3 is 10.6 Å². The highest BCUT2D eigenvalue weighted by atomic mass is 16.2.